The van der Waals surface area contributed by atoms with Crippen LogP contribution in [0.25, 0.3) is 22.5 Å². The lowest BCUT2D eigenvalue weighted by molar-refractivity contribution is 0.290. The summed E-state index contributed by atoms with van der Waals surface area (Å²) in [4.78, 5) is 7.92. The summed E-state index contributed by atoms with van der Waals surface area (Å²) in [6.45, 7) is 4.99. The minimum absolute atomic E-state index is 0.325. The molecule has 5 heteroatoms. The van der Waals surface area contributed by atoms with Crippen LogP contribution in [0.1, 0.15) is 34.9 Å². The van der Waals surface area contributed by atoms with Crippen molar-refractivity contribution < 1.29 is 9.47 Å². The summed E-state index contributed by atoms with van der Waals surface area (Å²) >= 11 is 0. The molecule has 0 saturated heterocycles. The molecule has 0 aliphatic carbocycles. The van der Waals surface area contributed by atoms with Crippen LogP contribution >= 0.6 is 0 Å². The highest BCUT2D eigenvalue weighted by molar-refractivity contribution is 5.68. The summed E-state index contributed by atoms with van der Waals surface area (Å²) in [7, 11) is 0. The Morgan fingerprint density at radius 2 is 1.68 bits per heavy atom. The standard InChI is InChI=1S/C33H29N3O2/c1-3-28-20-35-33(36-28)31-16-15-29(18-32(31)38-21-25-10-7-9-24(17-25)19-34)37-22-27-13-8-14-30(23(27)2)26-11-5-4-6-12-26/h4-18,20H,3,21-22H2,1-2H3,(H,35,36). The molecule has 4 aromatic carbocycles. The molecule has 5 nitrogen and oxygen atoms in total. The van der Waals surface area contributed by atoms with Crippen LogP contribution in [0.2, 0.25) is 0 Å². The summed E-state index contributed by atoms with van der Waals surface area (Å²) in [6, 6.07) is 32.2. The maximum atomic E-state index is 9.24. The minimum atomic E-state index is 0.325. The third-order valence-electron chi connectivity index (χ3n) is 6.59. The average Bonchev–Trinajstić information content (AvgIpc) is 3.45. The summed E-state index contributed by atoms with van der Waals surface area (Å²) in [6.07, 6.45) is 2.72. The van der Waals surface area contributed by atoms with Crippen LogP contribution in [0.3, 0.4) is 0 Å². The summed E-state index contributed by atoms with van der Waals surface area (Å²) < 4.78 is 12.5. The van der Waals surface area contributed by atoms with Gasteiger partial charge in [-0.15, -0.1) is 0 Å². The molecule has 0 radical (unpaired) electrons. The van der Waals surface area contributed by atoms with Crippen LogP contribution < -0.4 is 9.47 Å². The predicted octanol–water partition coefficient (Wildman–Crippen LogP) is 7.64. The maximum absolute atomic E-state index is 9.24. The first-order valence-corrected chi connectivity index (χ1v) is 12.7. The number of benzene rings is 4. The minimum Gasteiger partial charge on any atom is -0.489 e. The number of ether oxygens (including phenoxy) is 2. The molecule has 0 atom stereocenters. The predicted molar refractivity (Wildman–Crippen MR) is 150 cm³/mol. The highest BCUT2D eigenvalue weighted by Gasteiger charge is 2.13. The number of H-pyrrole nitrogens is 1. The molecule has 5 rings (SSSR count). The molecule has 0 spiro atoms. The first-order chi connectivity index (χ1) is 18.6. The molecular weight excluding hydrogens is 470 g/mol. The number of hydrogen-bond donors (Lipinski definition) is 1. The van der Waals surface area contributed by atoms with Crippen molar-refractivity contribution >= 4 is 0 Å². The SMILES string of the molecule is CCc1cnc(-c2ccc(OCc3cccc(-c4ccccc4)c3C)cc2OCc2cccc(C#N)c2)[nH]1. The van der Waals surface area contributed by atoms with Gasteiger partial charge in [0.2, 0.25) is 0 Å². The lowest BCUT2D eigenvalue weighted by Gasteiger charge is -2.15. The van der Waals surface area contributed by atoms with Crippen molar-refractivity contribution in [3.8, 4) is 40.1 Å². The quantitative estimate of drug-likeness (QED) is 0.226. The summed E-state index contributed by atoms with van der Waals surface area (Å²) in [5.41, 5.74) is 8.17. The Bertz CT molecular complexity index is 1580. The lowest BCUT2D eigenvalue weighted by Crippen LogP contribution is -2.01. The van der Waals surface area contributed by atoms with E-state index in [1.165, 1.54) is 16.7 Å². The van der Waals surface area contributed by atoms with Crippen LogP contribution in [0.5, 0.6) is 11.5 Å². The molecule has 0 fully saturated rings. The van der Waals surface area contributed by atoms with Gasteiger partial charge in [0.1, 0.15) is 30.5 Å². The van der Waals surface area contributed by atoms with Gasteiger partial charge in [0.15, 0.2) is 0 Å². The van der Waals surface area contributed by atoms with Crippen molar-refractivity contribution in [1.29, 1.82) is 5.26 Å². The van der Waals surface area contributed by atoms with E-state index in [0.29, 0.717) is 30.3 Å². The number of aromatic nitrogens is 2. The van der Waals surface area contributed by atoms with E-state index in [2.05, 4.69) is 72.3 Å². The average molecular weight is 500 g/mol. The van der Waals surface area contributed by atoms with Crippen LogP contribution in [0, 0.1) is 18.3 Å². The molecule has 0 unspecified atom stereocenters. The van der Waals surface area contributed by atoms with Gasteiger partial charge >= 0.3 is 0 Å². The van der Waals surface area contributed by atoms with Gasteiger partial charge < -0.3 is 14.5 Å². The number of nitrogens with zero attached hydrogens (tertiary/aromatic N) is 2. The number of rotatable bonds is 9. The third kappa shape index (κ3) is 5.61. The fraction of sp³-hybridized carbons (Fsp3) is 0.152. The summed E-state index contributed by atoms with van der Waals surface area (Å²) in [5, 5.41) is 9.24. The second kappa shape index (κ2) is 11.5. The van der Waals surface area contributed by atoms with E-state index < -0.39 is 0 Å². The van der Waals surface area contributed by atoms with Crippen LogP contribution in [-0.4, -0.2) is 9.97 Å². The Morgan fingerprint density at radius 3 is 2.47 bits per heavy atom. The van der Waals surface area contributed by atoms with Crippen molar-refractivity contribution in [3.05, 3.63) is 125 Å². The lowest BCUT2D eigenvalue weighted by atomic mass is 9.97. The van der Waals surface area contributed by atoms with Gasteiger partial charge in [-0.05, 0) is 65.4 Å². The summed E-state index contributed by atoms with van der Waals surface area (Å²) in [5.74, 6) is 2.12. The van der Waals surface area contributed by atoms with Gasteiger partial charge in [0.25, 0.3) is 0 Å². The van der Waals surface area contributed by atoms with Crippen LogP contribution in [0.15, 0.2) is 97.2 Å². The molecule has 0 saturated carbocycles. The molecule has 5 aromatic rings. The normalized spacial score (nSPS) is 10.7. The highest BCUT2D eigenvalue weighted by Crippen LogP contribution is 2.34. The monoisotopic (exact) mass is 499 g/mol. The first-order valence-electron chi connectivity index (χ1n) is 12.7. The third-order valence-corrected chi connectivity index (χ3v) is 6.59. The van der Waals surface area contributed by atoms with E-state index in [1.54, 1.807) is 6.07 Å². The van der Waals surface area contributed by atoms with E-state index in [4.69, 9.17) is 9.47 Å². The zero-order valence-electron chi connectivity index (χ0n) is 21.6. The van der Waals surface area contributed by atoms with Gasteiger partial charge in [0.05, 0.1) is 17.2 Å². The van der Waals surface area contributed by atoms with Gasteiger partial charge in [-0.2, -0.15) is 5.26 Å². The number of hydrogen-bond acceptors (Lipinski definition) is 4. The molecule has 0 aliphatic rings. The van der Waals surface area contributed by atoms with E-state index >= 15 is 0 Å². The topological polar surface area (TPSA) is 70.9 Å². The van der Waals surface area contributed by atoms with Crippen molar-refractivity contribution in [2.75, 3.05) is 0 Å². The Kier molecular flexibility index (Phi) is 7.52. The molecule has 1 heterocycles. The number of nitriles is 1. The van der Waals surface area contributed by atoms with E-state index in [-0.39, 0.29) is 0 Å². The maximum Gasteiger partial charge on any atom is 0.141 e. The Hall–Kier alpha value is -4.82. The second-order valence-corrected chi connectivity index (χ2v) is 9.11. The van der Waals surface area contributed by atoms with Crippen molar-refractivity contribution in [1.82, 2.24) is 9.97 Å². The Labute approximate surface area is 223 Å². The fourth-order valence-corrected chi connectivity index (χ4v) is 4.41. The van der Waals surface area contributed by atoms with Gasteiger partial charge in [-0.25, -0.2) is 4.98 Å². The fourth-order valence-electron chi connectivity index (χ4n) is 4.41. The van der Waals surface area contributed by atoms with Crippen LogP contribution in [0.4, 0.5) is 0 Å². The smallest absolute Gasteiger partial charge is 0.141 e. The van der Waals surface area contributed by atoms with E-state index in [0.717, 1.165) is 34.6 Å². The molecular formula is C33H29N3O2. The second-order valence-electron chi connectivity index (χ2n) is 9.11. The highest BCUT2D eigenvalue weighted by atomic mass is 16.5. The molecule has 1 N–H and O–H groups in total. The molecule has 0 bridgehead atoms. The van der Waals surface area contributed by atoms with Crippen molar-refractivity contribution in [2.24, 2.45) is 0 Å². The Balaban J connectivity index is 1.40. The number of aryl methyl sites for hydroxylation is 1. The van der Waals surface area contributed by atoms with Gasteiger partial charge in [-0.1, -0.05) is 67.6 Å². The van der Waals surface area contributed by atoms with Crippen molar-refractivity contribution in [3.63, 3.8) is 0 Å². The molecule has 188 valence electrons. The first kappa shape index (κ1) is 24.9. The number of aromatic amines is 1. The Morgan fingerprint density at radius 1 is 0.842 bits per heavy atom. The van der Waals surface area contributed by atoms with Crippen molar-refractivity contribution in [2.45, 2.75) is 33.5 Å². The number of nitrogens with one attached hydrogen (secondary N) is 1. The van der Waals surface area contributed by atoms with Crippen LogP contribution in [-0.2, 0) is 19.6 Å². The van der Waals surface area contributed by atoms with E-state index in [1.807, 2.05) is 48.7 Å². The van der Waals surface area contributed by atoms with Gasteiger partial charge in [0, 0.05) is 18.0 Å². The zero-order valence-corrected chi connectivity index (χ0v) is 21.6. The van der Waals surface area contributed by atoms with Gasteiger partial charge in [-0.3, -0.25) is 0 Å². The van der Waals surface area contributed by atoms with E-state index in [9.17, 15) is 5.26 Å². The molecule has 0 amide bonds. The number of imidazole rings is 1. The molecule has 1 aromatic heterocycles. The molecule has 0 aliphatic heterocycles. The largest absolute Gasteiger partial charge is 0.489 e. The zero-order chi connectivity index (χ0) is 26.3. The molecule has 38 heavy (non-hydrogen) atoms.